The summed E-state index contributed by atoms with van der Waals surface area (Å²) in [6.07, 6.45) is 4.63. The Labute approximate surface area is 282 Å². The molecule has 1 aliphatic carbocycles. The van der Waals surface area contributed by atoms with Gasteiger partial charge in [-0.05, 0) is 69.0 Å². The van der Waals surface area contributed by atoms with Crippen LogP contribution in [0.4, 0.5) is 0 Å². The third kappa shape index (κ3) is 4.24. The molecule has 1 unspecified atom stereocenters. The Hall–Kier alpha value is -5.66. The summed E-state index contributed by atoms with van der Waals surface area (Å²) in [5.74, 6) is 0.952. The highest BCUT2D eigenvalue weighted by Gasteiger charge is 2.44. The number of fused-ring (bicyclic) bond motifs is 8. The van der Waals surface area contributed by atoms with Crippen molar-refractivity contribution in [3.63, 3.8) is 0 Å². The highest BCUT2D eigenvalue weighted by molar-refractivity contribution is 6.08. The van der Waals surface area contributed by atoms with E-state index in [0.29, 0.717) is 0 Å². The number of ether oxygens (including phenoxy) is 1. The quantitative estimate of drug-likeness (QED) is 0.191. The number of aryl methyl sites for hydroxylation is 1. The zero-order valence-corrected chi connectivity index (χ0v) is 27.5. The predicted molar refractivity (Wildman–Crippen MR) is 200 cm³/mol. The first-order chi connectivity index (χ1) is 23.4. The molecule has 0 spiro atoms. The standard InChI is InChI=1S/C47H36O/c1-31-21-26-40-42(29-31)46(2,3)44-41-27-28-47(36-17-8-5-9-18-36,48-45(41)39-20-11-10-19-38(39)43(40)44)37-24-22-33(23-25-37)35-16-12-15-34(30-35)32-13-6-4-7-14-32/h4-30H,1-3H3. The molecule has 230 valence electrons. The van der Waals surface area contributed by atoms with Crippen LogP contribution >= 0.6 is 0 Å². The van der Waals surface area contributed by atoms with E-state index in [-0.39, 0.29) is 5.41 Å². The monoisotopic (exact) mass is 616 g/mol. The first-order valence-corrected chi connectivity index (χ1v) is 16.8. The van der Waals surface area contributed by atoms with E-state index in [1.165, 1.54) is 61.0 Å². The summed E-state index contributed by atoms with van der Waals surface area (Å²) < 4.78 is 7.48. The van der Waals surface area contributed by atoms with Crippen molar-refractivity contribution in [1.29, 1.82) is 0 Å². The van der Waals surface area contributed by atoms with Gasteiger partial charge in [-0.2, -0.15) is 0 Å². The van der Waals surface area contributed by atoms with Crippen LogP contribution in [0, 0.1) is 6.92 Å². The summed E-state index contributed by atoms with van der Waals surface area (Å²) in [4.78, 5) is 0. The van der Waals surface area contributed by atoms with Gasteiger partial charge in [0.15, 0.2) is 5.60 Å². The van der Waals surface area contributed by atoms with Gasteiger partial charge >= 0.3 is 0 Å². The third-order valence-corrected chi connectivity index (χ3v) is 10.5. The second-order valence-electron chi connectivity index (χ2n) is 13.8. The van der Waals surface area contributed by atoms with Crippen LogP contribution in [0.3, 0.4) is 0 Å². The molecule has 1 heterocycles. The zero-order valence-electron chi connectivity index (χ0n) is 27.5. The average Bonchev–Trinajstić information content (AvgIpc) is 3.38. The maximum Gasteiger partial charge on any atom is 0.178 e. The van der Waals surface area contributed by atoms with Gasteiger partial charge < -0.3 is 4.74 Å². The molecule has 0 aromatic heterocycles. The molecule has 2 aliphatic rings. The van der Waals surface area contributed by atoms with E-state index in [1.54, 1.807) is 0 Å². The molecule has 0 fully saturated rings. The van der Waals surface area contributed by atoms with Crippen LogP contribution in [-0.4, -0.2) is 0 Å². The summed E-state index contributed by atoms with van der Waals surface area (Å²) >= 11 is 0. The lowest BCUT2D eigenvalue weighted by Crippen LogP contribution is -2.35. The van der Waals surface area contributed by atoms with Crippen molar-refractivity contribution in [2.75, 3.05) is 0 Å². The summed E-state index contributed by atoms with van der Waals surface area (Å²) in [7, 11) is 0. The molecule has 1 aliphatic heterocycles. The maximum atomic E-state index is 7.48. The number of hydrogen-bond acceptors (Lipinski definition) is 1. The van der Waals surface area contributed by atoms with Crippen molar-refractivity contribution in [3.8, 4) is 39.1 Å². The summed E-state index contributed by atoms with van der Waals surface area (Å²) in [5.41, 5.74) is 13.9. The van der Waals surface area contributed by atoms with Crippen molar-refractivity contribution < 1.29 is 4.74 Å². The first kappa shape index (κ1) is 28.6. The molecular formula is C47H36O. The van der Waals surface area contributed by atoms with E-state index in [9.17, 15) is 0 Å². The molecule has 0 bridgehead atoms. The highest BCUT2D eigenvalue weighted by atomic mass is 16.5. The van der Waals surface area contributed by atoms with E-state index in [2.05, 4.69) is 185 Å². The second kappa shape index (κ2) is 10.7. The molecule has 1 atom stereocenters. The fraction of sp³-hybridized carbons (Fsp3) is 0.106. The Balaban J connectivity index is 1.21. The fourth-order valence-electron chi connectivity index (χ4n) is 8.13. The third-order valence-electron chi connectivity index (χ3n) is 10.5. The molecule has 0 saturated carbocycles. The minimum Gasteiger partial charge on any atom is -0.472 e. The van der Waals surface area contributed by atoms with Crippen LogP contribution in [0.25, 0.3) is 50.2 Å². The maximum absolute atomic E-state index is 7.48. The van der Waals surface area contributed by atoms with Gasteiger partial charge in [-0.25, -0.2) is 0 Å². The van der Waals surface area contributed by atoms with Gasteiger partial charge in [-0.1, -0.05) is 171 Å². The molecule has 0 radical (unpaired) electrons. The normalized spacial score (nSPS) is 17.0. The molecule has 48 heavy (non-hydrogen) atoms. The SMILES string of the molecule is Cc1ccc2c(c1)C(C)(C)c1c3c(c4ccccc4c1-2)OC(c1ccccc1)(c1ccc(-c2cccc(-c4ccccc4)c2)cc1)C=C3. The molecule has 1 heteroatoms. The molecule has 1 nitrogen and oxygen atoms in total. The lowest BCUT2D eigenvalue weighted by Gasteiger charge is -2.38. The van der Waals surface area contributed by atoms with E-state index in [0.717, 1.165) is 22.3 Å². The predicted octanol–water partition coefficient (Wildman–Crippen LogP) is 12.1. The van der Waals surface area contributed by atoms with Crippen molar-refractivity contribution in [3.05, 3.63) is 191 Å². The molecule has 0 amide bonds. The summed E-state index contributed by atoms with van der Waals surface area (Å²) in [5, 5.41) is 2.39. The number of benzene rings is 7. The molecule has 0 N–H and O–H groups in total. The Morgan fingerprint density at radius 3 is 1.85 bits per heavy atom. The molecule has 7 aromatic carbocycles. The van der Waals surface area contributed by atoms with Gasteiger partial charge in [-0.15, -0.1) is 0 Å². The number of rotatable bonds is 4. The van der Waals surface area contributed by atoms with Crippen LogP contribution in [-0.2, 0) is 11.0 Å². The summed E-state index contributed by atoms with van der Waals surface area (Å²) in [6, 6.07) is 54.7. The zero-order chi connectivity index (χ0) is 32.5. The van der Waals surface area contributed by atoms with E-state index < -0.39 is 5.60 Å². The van der Waals surface area contributed by atoms with Crippen molar-refractivity contribution in [2.24, 2.45) is 0 Å². The van der Waals surface area contributed by atoms with Crippen molar-refractivity contribution in [2.45, 2.75) is 31.8 Å². The second-order valence-corrected chi connectivity index (χ2v) is 13.8. The summed E-state index contributed by atoms with van der Waals surface area (Å²) in [6.45, 7) is 6.92. The van der Waals surface area contributed by atoms with Crippen molar-refractivity contribution in [1.82, 2.24) is 0 Å². The van der Waals surface area contributed by atoms with Gasteiger partial charge in [-0.3, -0.25) is 0 Å². The Morgan fingerprint density at radius 2 is 1.12 bits per heavy atom. The van der Waals surface area contributed by atoms with Crippen molar-refractivity contribution >= 4 is 16.8 Å². The fourth-order valence-corrected chi connectivity index (χ4v) is 8.13. The Kier molecular flexibility index (Phi) is 6.36. The largest absolute Gasteiger partial charge is 0.472 e. The highest BCUT2D eigenvalue weighted by Crippen LogP contribution is 2.58. The van der Waals surface area contributed by atoms with Crippen LogP contribution in [0.15, 0.2) is 158 Å². The minimum absolute atomic E-state index is 0.165. The van der Waals surface area contributed by atoms with E-state index in [4.69, 9.17) is 4.74 Å². The molecule has 9 rings (SSSR count). The van der Waals surface area contributed by atoms with E-state index in [1.807, 2.05) is 0 Å². The lowest BCUT2D eigenvalue weighted by atomic mass is 9.76. The van der Waals surface area contributed by atoms with E-state index >= 15 is 0 Å². The van der Waals surface area contributed by atoms with Crippen LogP contribution in [0.1, 0.15) is 47.2 Å². The van der Waals surface area contributed by atoms with Gasteiger partial charge in [0.2, 0.25) is 0 Å². The minimum atomic E-state index is -0.790. The van der Waals surface area contributed by atoms with Crippen LogP contribution < -0.4 is 4.74 Å². The smallest absolute Gasteiger partial charge is 0.178 e. The van der Waals surface area contributed by atoms with Gasteiger partial charge in [0, 0.05) is 27.5 Å². The van der Waals surface area contributed by atoms with Gasteiger partial charge in [0.25, 0.3) is 0 Å². The van der Waals surface area contributed by atoms with Gasteiger partial charge in [0.05, 0.1) is 0 Å². The first-order valence-electron chi connectivity index (χ1n) is 16.8. The Bertz CT molecular complexity index is 2380. The average molecular weight is 617 g/mol. The van der Waals surface area contributed by atoms with Crippen LogP contribution in [0.5, 0.6) is 5.75 Å². The lowest BCUT2D eigenvalue weighted by molar-refractivity contribution is 0.163. The molecular weight excluding hydrogens is 581 g/mol. The molecule has 0 saturated heterocycles. The topological polar surface area (TPSA) is 9.23 Å². The van der Waals surface area contributed by atoms with Crippen LogP contribution in [0.2, 0.25) is 0 Å². The Morgan fingerprint density at radius 1 is 0.521 bits per heavy atom. The molecule has 7 aromatic rings. The van der Waals surface area contributed by atoms with Gasteiger partial charge in [0.1, 0.15) is 5.75 Å². The number of hydrogen-bond donors (Lipinski definition) is 0.